The van der Waals surface area contributed by atoms with Gasteiger partial charge in [-0.1, -0.05) is 42.5 Å². The van der Waals surface area contributed by atoms with Crippen molar-refractivity contribution >= 4 is 22.1 Å². The lowest BCUT2D eigenvalue weighted by atomic mass is 10.0. The normalized spacial score (nSPS) is 10.9. The second-order valence-corrected chi connectivity index (χ2v) is 5.26. The van der Waals surface area contributed by atoms with Gasteiger partial charge in [0.2, 0.25) is 0 Å². The van der Waals surface area contributed by atoms with Gasteiger partial charge < -0.3 is 5.32 Å². The second kappa shape index (κ2) is 5.95. The van der Waals surface area contributed by atoms with Crippen LogP contribution in [0.25, 0.3) is 10.8 Å². The van der Waals surface area contributed by atoms with E-state index in [2.05, 4.69) is 58.1 Å². The number of aromatic nitrogens is 1. The molecule has 3 aromatic rings. The summed E-state index contributed by atoms with van der Waals surface area (Å²) in [7, 11) is 0. The second-order valence-electron chi connectivity index (χ2n) is 4.54. The van der Waals surface area contributed by atoms with Gasteiger partial charge in [0, 0.05) is 24.9 Å². The molecule has 2 aromatic carbocycles. The first kappa shape index (κ1) is 12.3. The molecule has 19 heavy (non-hydrogen) atoms. The molecule has 1 N–H and O–H groups in total. The van der Waals surface area contributed by atoms with Crippen LogP contribution in [0.4, 0.5) is 0 Å². The number of thiazole rings is 1. The largest absolute Gasteiger partial charge is 0.312 e. The smallest absolute Gasteiger partial charge is 0.0794 e. The molecule has 2 nitrogen and oxygen atoms in total. The van der Waals surface area contributed by atoms with E-state index in [1.807, 2.05) is 5.51 Å². The van der Waals surface area contributed by atoms with Gasteiger partial charge in [-0.2, -0.15) is 0 Å². The van der Waals surface area contributed by atoms with Gasteiger partial charge in [0.05, 0.1) is 11.2 Å². The summed E-state index contributed by atoms with van der Waals surface area (Å²) < 4.78 is 0. The maximum atomic E-state index is 4.29. The zero-order chi connectivity index (χ0) is 12.9. The molecule has 3 rings (SSSR count). The van der Waals surface area contributed by atoms with Crippen molar-refractivity contribution < 1.29 is 0 Å². The van der Waals surface area contributed by atoms with E-state index >= 15 is 0 Å². The molecule has 0 aliphatic rings. The summed E-state index contributed by atoms with van der Waals surface area (Å²) in [6.45, 7) is 1.87. The zero-order valence-electron chi connectivity index (χ0n) is 10.7. The van der Waals surface area contributed by atoms with Crippen LogP contribution in [-0.4, -0.2) is 11.5 Å². The highest BCUT2D eigenvalue weighted by Gasteiger charge is 2.00. The highest BCUT2D eigenvalue weighted by atomic mass is 32.1. The molecule has 0 saturated heterocycles. The lowest BCUT2D eigenvalue weighted by Gasteiger charge is -2.07. The van der Waals surface area contributed by atoms with E-state index in [0.29, 0.717) is 0 Å². The van der Waals surface area contributed by atoms with Crippen molar-refractivity contribution in [3.8, 4) is 0 Å². The van der Waals surface area contributed by atoms with Gasteiger partial charge in [0.25, 0.3) is 0 Å². The summed E-state index contributed by atoms with van der Waals surface area (Å²) in [5.74, 6) is 0. The molecule has 0 aliphatic heterocycles. The third-order valence-electron chi connectivity index (χ3n) is 3.24. The third-order valence-corrected chi connectivity index (χ3v) is 3.87. The van der Waals surface area contributed by atoms with Crippen LogP contribution in [0.15, 0.2) is 53.4 Å². The lowest BCUT2D eigenvalue weighted by Crippen LogP contribution is -2.16. The van der Waals surface area contributed by atoms with Gasteiger partial charge in [0.1, 0.15) is 0 Å². The summed E-state index contributed by atoms with van der Waals surface area (Å²) in [6.07, 6.45) is 0.994. The van der Waals surface area contributed by atoms with Crippen molar-refractivity contribution in [1.29, 1.82) is 0 Å². The standard InChI is InChI=1S/C16H16N2S/c1-2-7-16-13(4-1)5-3-6-14(16)10-17-9-8-15-11-19-12-18-15/h1-7,11-12,17H,8-10H2. The predicted octanol–water partition coefficient (Wildman–Crippen LogP) is 3.63. The zero-order valence-corrected chi connectivity index (χ0v) is 11.5. The summed E-state index contributed by atoms with van der Waals surface area (Å²) >= 11 is 1.66. The van der Waals surface area contributed by atoms with Gasteiger partial charge in [-0.25, -0.2) is 4.98 Å². The molecule has 0 fully saturated rings. The molecule has 0 spiro atoms. The molecule has 3 heteroatoms. The van der Waals surface area contributed by atoms with E-state index in [4.69, 9.17) is 0 Å². The summed E-state index contributed by atoms with van der Waals surface area (Å²) in [4.78, 5) is 4.29. The number of nitrogens with zero attached hydrogens (tertiary/aromatic N) is 1. The topological polar surface area (TPSA) is 24.9 Å². The van der Waals surface area contributed by atoms with Crippen molar-refractivity contribution in [3.63, 3.8) is 0 Å². The fourth-order valence-electron chi connectivity index (χ4n) is 2.25. The average molecular weight is 268 g/mol. The monoisotopic (exact) mass is 268 g/mol. The molecule has 0 aliphatic carbocycles. The molecule has 0 amide bonds. The van der Waals surface area contributed by atoms with Gasteiger partial charge >= 0.3 is 0 Å². The van der Waals surface area contributed by atoms with Crippen LogP contribution in [-0.2, 0) is 13.0 Å². The molecule has 96 valence electrons. The Morgan fingerprint density at radius 3 is 2.84 bits per heavy atom. The molecule has 1 aromatic heterocycles. The highest BCUT2D eigenvalue weighted by Crippen LogP contribution is 2.18. The molecule has 0 saturated carbocycles. The maximum absolute atomic E-state index is 4.29. The van der Waals surface area contributed by atoms with E-state index in [1.165, 1.54) is 22.0 Å². The molecule has 0 atom stereocenters. The van der Waals surface area contributed by atoms with Crippen LogP contribution in [0.2, 0.25) is 0 Å². The van der Waals surface area contributed by atoms with Crippen LogP contribution >= 0.6 is 11.3 Å². The van der Waals surface area contributed by atoms with Crippen molar-refractivity contribution in [2.75, 3.05) is 6.54 Å². The fourth-order valence-corrected chi connectivity index (χ4v) is 2.84. The van der Waals surface area contributed by atoms with E-state index in [9.17, 15) is 0 Å². The predicted molar refractivity (Wildman–Crippen MR) is 81.5 cm³/mol. The van der Waals surface area contributed by atoms with Gasteiger partial charge in [-0.3, -0.25) is 0 Å². The first-order valence-electron chi connectivity index (χ1n) is 6.48. The van der Waals surface area contributed by atoms with Crippen LogP contribution in [0.5, 0.6) is 0 Å². The molecule has 0 radical (unpaired) electrons. The van der Waals surface area contributed by atoms with Gasteiger partial charge in [0.15, 0.2) is 0 Å². The number of hydrogen-bond donors (Lipinski definition) is 1. The summed E-state index contributed by atoms with van der Waals surface area (Å²) in [5.41, 5.74) is 4.42. The molecular weight excluding hydrogens is 252 g/mol. The third kappa shape index (κ3) is 3.00. The number of rotatable bonds is 5. The number of benzene rings is 2. The quantitative estimate of drug-likeness (QED) is 0.715. The SMILES string of the molecule is c1ccc2c(CNCCc3cscn3)cccc2c1. The van der Waals surface area contributed by atoms with Gasteiger partial charge in [-0.05, 0) is 16.3 Å². The lowest BCUT2D eigenvalue weighted by molar-refractivity contribution is 0.684. The van der Waals surface area contributed by atoms with Crippen molar-refractivity contribution in [1.82, 2.24) is 10.3 Å². The first-order valence-corrected chi connectivity index (χ1v) is 7.42. The Bertz CT molecular complexity index is 641. The number of hydrogen-bond acceptors (Lipinski definition) is 3. The van der Waals surface area contributed by atoms with E-state index in [0.717, 1.165) is 19.5 Å². The first-order chi connectivity index (χ1) is 9.43. The minimum absolute atomic E-state index is 0.908. The molecule has 1 heterocycles. The fraction of sp³-hybridized carbons (Fsp3) is 0.188. The van der Waals surface area contributed by atoms with Crippen molar-refractivity contribution in [3.05, 3.63) is 64.6 Å². The Labute approximate surface area is 117 Å². The van der Waals surface area contributed by atoms with E-state index in [-0.39, 0.29) is 0 Å². The number of nitrogens with one attached hydrogen (secondary N) is 1. The molecule has 0 unspecified atom stereocenters. The minimum atomic E-state index is 0.908. The van der Waals surface area contributed by atoms with Crippen molar-refractivity contribution in [2.24, 2.45) is 0 Å². The molecular formula is C16H16N2S. The summed E-state index contributed by atoms with van der Waals surface area (Å²) in [5, 5.41) is 8.25. The van der Waals surface area contributed by atoms with Crippen LogP contribution in [0.1, 0.15) is 11.3 Å². The van der Waals surface area contributed by atoms with Gasteiger partial charge in [-0.15, -0.1) is 11.3 Å². The number of fused-ring (bicyclic) bond motifs is 1. The van der Waals surface area contributed by atoms with Crippen LogP contribution < -0.4 is 5.32 Å². The Hall–Kier alpha value is -1.71. The maximum Gasteiger partial charge on any atom is 0.0794 e. The van der Waals surface area contributed by atoms with Crippen LogP contribution in [0.3, 0.4) is 0 Å². The highest BCUT2D eigenvalue weighted by molar-refractivity contribution is 7.07. The molecule has 0 bridgehead atoms. The van der Waals surface area contributed by atoms with Crippen molar-refractivity contribution in [2.45, 2.75) is 13.0 Å². The Morgan fingerprint density at radius 1 is 1.05 bits per heavy atom. The Kier molecular flexibility index (Phi) is 3.86. The summed E-state index contributed by atoms with van der Waals surface area (Å²) in [6, 6.07) is 15.0. The Morgan fingerprint density at radius 2 is 1.95 bits per heavy atom. The minimum Gasteiger partial charge on any atom is -0.312 e. The van der Waals surface area contributed by atoms with E-state index < -0.39 is 0 Å². The van der Waals surface area contributed by atoms with Crippen LogP contribution in [0, 0.1) is 0 Å². The average Bonchev–Trinajstić information content (AvgIpc) is 2.97. The van der Waals surface area contributed by atoms with E-state index in [1.54, 1.807) is 11.3 Å². The Balaban J connectivity index is 1.62.